The largest absolute Gasteiger partial charge is 0.478 e. The van der Waals surface area contributed by atoms with E-state index in [9.17, 15) is 14.3 Å². The molecule has 0 unspecified atom stereocenters. The van der Waals surface area contributed by atoms with Crippen molar-refractivity contribution in [3.63, 3.8) is 0 Å². The molecule has 0 aliphatic rings. The van der Waals surface area contributed by atoms with Gasteiger partial charge in [0.2, 0.25) is 11.8 Å². The van der Waals surface area contributed by atoms with Crippen LogP contribution in [-0.4, -0.2) is 30.8 Å². The molecule has 0 aliphatic carbocycles. The van der Waals surface area contributed by atoms with Gasteiger partial charge in [0, 0.05) is 7.05 Å². The number of halogens is 1. The quantitative estimate of drug-likeness (QED) is 0.624. The second-order valence-corrected chi connectivity index (χ2v) is 6.40. The normalized spacial score (nSPS) is 10.5. The van der Waals surface area contributed by atoms with E-state index in [0.717, 1.165) is 0 Å². The van der Waals surface area contributed by atoms with Gasteiger partial charge in [0.1, 0.15) is 17.7 Å². The Balaban J connectivity index is 1.97. The summed E-state index contributed by atoms with van der Waals surface area (Å²) in [5.41, 5.74) is 1.47. The summed E-state index contributed by atoms with van der Waals surface area (Å²) in [6.07, 6.45) is 1.20. The molecule has 0 aliphatic heterocycles. The van der Waals surface area contributed by atoms with Crippen LogP contribution in [0.3, 0.4) is 0 Å². The molecule has 0 fully saturated rings. The zero-order valence-electron chi connectivity index (χ0n) is 16.3. The number of aryl methyl sites for hydroxylation is 2. The van der Waals surface area contributed by atoms with Gasteiger partial charge in [-0.05, 0) is 32.9 Å². The Labute approximate surface area is 166 Å². The highest BCUT2D eigenvalue weighted by atomic mass is 19.1. The molecule has 0 saturated heterocycles. The monoisotopic (exact) mass is 398 g/mol. The summed E-state index contributed by atoms with van der Waals surface area (Å²) in [5, 5.41) is 13.9. The first-order valence-corrected chi connectivity index (χ1v) is 8.65. The molecule has 29 heavy (non-hydrogen) atoms. The Morgan fingerprint density at radius 1 is 1.14 bits per heavy atom. The molecule has 8 nitrogen and oxygen atoms in total. The van der Waals surface area contributed by atoms with Crippen molar-refractivity contribution < 1.29 is 23.8 Å². The molecule has 0 amide bonds. The van der Waals surface area contributed by atoms with Crippen molar-refractivity contribution in [1.82, 2.24) is 19.7 Å². The Morgan fingerprint density at radius 2 is 1.79 bits per heavy atom. The summed E-state index contributed by atoms with van der Waals surface area (Å²) in [4.78, 5) is 19.7. The minimum absolute atomic E-state index is 0.00750. The molecule has 9 heteroatoms. The van der Waals surface area contributed by atoms with Gasteiger partial charge >= 0.3 is 5.97 Å². The lowest BCUT2D eigenvalue weighted by atomic mass is 10.1. The number of aromatic nitrogens is 4. The maximum Gasteiger partial charge on any atom is 0.337 e. The minimum atomic E-state index is -1.09. The van der Waals surface area contributed by atoms with E-state index in [4.69, 9.17) is 9.47 Å². The molecule has 0 saturated carbocycles. The maximum absolute atomic E-state index is 13.8. The van der Waals surface area contributed by atoms with Gasteiger partial charge in [-0.3, -0.25) is 4.68 Å². The van der Waals surface area contributed by atoms with Gasteiger partial charge in [-0.15, -0.1) is 0 Å². The minimum Gasteiger partial charge on any atom is -0.478 e. The first kappa shape index (κ1) is 20.0. The molecule has 0 spiro atoms. The van der Waals surface area contributed by atoms with Crippen molar-refractivity contribution in [3.05, 3.63) is 59.4 Å². The number of carboxylic acid groups (broad SMARTS) is 1. The van der Waals surface area contributed by atoms with E-state index in [1.807, 2.05) is 0 Å². The molecular weight excluding hydrogens is 379 g/mol. The maximum atomic E-state index is 13.8. The number of carbonyl (C=O) groups is 1. The van der Waals surface area contributed by atoms with Crippen LogP contribution >= 0.6 is 0 Å². The van der Waals surface area contributed by atoms with E-state index >= 15 is 0 Å². The number of nitrogens with zero attached hydrogens (tertiary/aromatic N) is 4. The highest BCUT2D eigenvalue weighted by molar-refractivity contribution is 6.16. The summed E-state index contributed by atoms with van der Waals surface area (Å²) in [6.45, 7) is 5.09. The number of para-hydroxylation sites is 1. The molecule has 0 bridgehead atoms. The van der Waals surface area contributed by atoms with Gasteiger partial charge < -0.3 is 14.6 Å². The molecule has 2 aromatic heterocycles. The number of ether oxygens (including phenoxy) is 2. The van der Waals surface area contributed by atoms with Crippen LogP contribution in [0.5, 0.6) is 23.3 Å². The fourth-order valence-electron chi connectivity index (χ4n) is 2.77. The standard InChI is InChI=1S/C20H19FN4O4/c1-11(2)17(20(26)27)18-19(12(3)24-25(18)4)29-16-9-15(22-10-23-16)28-14-8-6-5-7-13(14)21/h5-10H,1-4H3,(H,26,27). The second-order valence-electron chi connectivity index (χ2n) is 6.40. The molecular formula is C20H19FN4O4. The Kier molecular flexibility index (Phi) is 5.58. The lowest BCUT2D eigenvalue weighted by Gasteiger charge is -2.11. The van der Waals surface area contributed by atoms with Gasteiger partial charge in [0.05, 0.1) is 11.6 Å². The van der Waals surface area contributed by atoms with E-state index in [1.165, 1.54) is 29.2 Å². The number of rotatable bonds is 6. The summed E-state index contributed by atoms with van der Waals surface area (Å²) >= 11 is 0. The van der Waals surface area contributed by atoms with Crippen molar-refractivity contribution in [1.29, 1.82) is 0 Å². The van der Waals surface area contributed by atoms with Crippen LogP contribution in [-0.2, 0) is 11.8 Å². The Morgan fingerprint density at radius 3 is 2.41 bits per heavy atom. The van der Waals surface area contributed by atoms with Crippen LogP contribution in [0, 0.1) is 12.7 Å². The van der Waals surface area contributed by atoms with Crippen molar-refractivity contribution in [3.8, 4) is 23.3 Å². The van der Waals surface area contributed by atoms with E-state index in [-0.39, 0.29) is 28.8 Å². The van der Waals surface area contributed by atoms with Crippen molar-refractivity contribution in [2.75, 3.05) is 0 Å². The molecule has 0 atom stereocenters. The van der Waals surface area contributed by atoms with Crippen LogP contribution in [0.1, 0.15) is 25.2 Å². The summed E-state index contributed by atoms with van der Waals surface area (Å²) in [7, 11) is 1.63. The van der Waals surface area contributed by atoms with Crippen molar-refractivity contribution in [2.45, 2.75) is 20.8 Å². The van der Waals surface area contributed by atoms with Crippen LogP contribution in [0.4, 0.5) is 4.39 Å². The number of carboxylic acids is 1. The average molecular weight is 398 g/mol. The zero-order valence-corrected chi connectivity index (χ0v) is 16.3. The van der Waals surface area contributed by atoms with Crippen LogP contribution in [0.15, 0.2) is 42.2 Å². The molecule has 1 N–H and O–H groups in total. The third-order valence-electron chi connectivity index (χ3n) is 3.99. The highest BCUT2D eigenvalue weighted by Gasteiger charge is 2.25. The third-order valence-corrected chi connectivity index (χ3v) is 3.99. The predicted octanol–water partition coefficient (Wildman–Crippen LogP) is 4.12. The Bertz CT molecular complexity index is 1100. The van der Waals surface area contributed by atoms with Crippen LogP contribution in [0.25, 0.3) is 5.57 Å². The van der Waals surface area contributed by atoms with E-state index in [2.05, 4.69) is 15.1 Å². The second kappa shape index (κ2) is 8.09. The van der Waals surface area contributed by atoms with E-state index in [0.29, 0.717) is 17.0 Å². The molecule has 3 aromatic rings. The van der Waals surface area contributed by atoms with E-state index in [1.54, 1.807) is 40.0 Å². The number of aliphatic carboxylic acids is 1. The lowest BCUT2D eigenvalue weighted by Crippen LogP contribution is -2.08. The summed E-state index contributed by atoms with van der Waals surface area (Å²) in [5.74, 6) is -1.20. The third kappa shape index (κ3) is 4.23. The number of allylic oxidation sites excluding steroid dienone is 1. The van der Waals surface area contributed by atoms with Crippen molar-refractivity contribution >= 4 is 11.5 Å². The molecule has 150 valence electrons. The molecule has 2 heterocycles. The number of benzene rings is 1. The van der Waals surface area contributed by atoms with Crippen LogP contribution in [0.2, 0.25) is 0 Å². The fraction of sp³-hybridized carbons (Fsp3) is 0.200. The number of hydrogen-bond acceptors (Lipinski definition) is 6. The first-order chi connectivity index (χ1) is 13.8. The van der Waals surface area contributed by atoms with Crippen molar-refractivity contribution in [2.24, 2.45) is 7.05 Å². The van der Waals surface area contributed by atoms with Gasteiger partial charge in [-0.2, -0.15) is 5.10 Å². The molecule has 1 aromatic carbocycles. The SMILES string of the molecule is CC(C)=C(C(=O)O)c1c(Oc2cc(Oc3ccccc3F)ncn2)c(C)nn1C. The first-order valence-electron chi connectivity index (χ1n) is 8.65. The summed E-state index contributed by atoms with van der Waals surface area (Å²) in [6, 6.07) is 7.30. The van der Waals surface area contributed by atoms with Gasteiger partial charge in [-0.25, -0.2) is 19.2 Å². The number of hydrogen-bond donors (Lipinski definition) is 1. The van der Waals surface area contributed by atoms with Gasteiger partial charge in [0.25, 0.3) is 0 Å². The molecule has 0 radical (unpaired) electrons. The Hall–Kier alpha value is -3.75. The smallest absolute Gasteiger partial charge is 0.337 e. The van der Waals surface area contributed by atoms with E-state index < -0.39 is 11.8 Å². The lowest BCUT2D eigenvalue weighted by molar-refractivity contribution is -0.130. The summed E-state index contributed by atoms with van der Waals surface area (Å²) < 4.78 is 26.5. The van der Waals surface area contributed by atoms with Gasteiger partial charge in [-0.1, -0.05) is 17.7 Å². The zero-order chi connectivity index (χ0) is 21.1. The van der Waals surface area contributed by atoms with Gasteiger partial charge in [0.15, 0.2) is 17.3 Å². The topological polar surface area (TPSA) is 99.4 Å². The highest BCUT2D eigenvalue weighted by Crippen LogP contribution is 2.35. The van der Waals surface area contributed by atoms with Crippen LogP contribution < -0.4 is 9.47 Å². The predicted molar refractivity (Wildman–Crippen MR) is 102 cm³/mol. The average Bonchev–Trinajstić information content (AvgIpc) is 2.91. The molecule has 3 rings (SSSR count). The fourth-order valence-corrected chi connectivity index (χ4v) is 2.77.